The summed E-state index contributed by atoms with van der Waals surface area (Å²) in [5.41, 5.74) is 2.72. The van der Waals surface area contributed by atoms with E-state index in [4.69, 9.17) is 4.74 Å². The van der Waals surface area contributed by atoms with Gasteiger partial charge in [-0.1, -0.05) is 60.7 Å². The highest BCUT2D eigenvalue weighted by molar-refractivity contribution is 7.95. The van der Waals surface area contributed by atoms with E-state index in [0.29, 0.717) is 16.3 Å². The van der Waals surface area contributed by atoms with Crippen molar-refractivity contribution in [1.29, 1.82) is 0 Å². The van der Waals surface area contributed by atoms with Gasteiger partial charge in [0, 0.05) is 22.7 Å². The first-order valence-corrected chi connectivity index (χ1v) is 11.1. The molecule has 3 rings (SSSR count). The smallest absolute Gasteiger partial charge is 0.363 e. The Bertz CT molecular complexity index is 1090. The molecule has 31 heavy (non-hydrogen) atoms. The van der Waals surface area contributed by atoms with Gasteiger partial charge in [-0.05, 0) is 19.1 Å². The molecule has 0 aliphatic carbocycles. The molecule has 0 atom stereocenters. The van der Waals surface area contributed by atoms with E-state index in [9.17, 15) is 19.5 Å². The third-order valence-corrected chi connectivity index (χ3v) is 7.29. The Morgan fingerprint density at radius 1 is 0.968 bits per heavy atom. The number of hydrogen-bond acceptors (Lipinski definition) is 7. The van der Waals surface area contributed by atoms with E-state index in [1.54, 1.807) is 67.6 Å². The minimum atomic E-state index is -3.68. The molecule has 0 heterocycles. The van der Waals surface area contributed by atoms with E-state index in [0.717, 1.165) is 0 Å². The molecule has 0 saturated heterocycles. The summed E-state index contributed by atoms with van der Waals surface area (Å²) >= 11 is 0. The number of nitro groups is 1. The molecule has 3 aromatic rings. The third-order valence-electron chi connectivity index (χ3n) is 4.36. The summed E-state index contributed by atoms with van der Waals surface area (Å²) < 4.78 is 19.6. The van der Waals surface area contributed by atoms with Gasteiger partial charge in [-0.15, -0.1) is 0 Å². The van der Waals surface area contributed by atoms with Crippen LogP contribution in [0.2, 0.25) is 0 Å². The maximum absolute atomic E-state index is 14.4. The minimum absolute atomic E-state index is 0.0823. The van der Waals surface area contributed by atoms with Crippen molar-refractivity contribution in [3.8, 4) is 0 Å². The number of rotatable bonds is 8. The average Bonchev–Trinajstić information content (AvgIpc) is 2.80. The van der Waals surface area contributed by atoms with Crippen LogP contribution in [0.5, 0.6) is 0 Å². The number of nitrogens with zero attached hydrogens (tertiary/aromatic N) is 2. The zero-order valence-corrected chi connectivity index (χ0v) is 17.6. The van der Waals surface area contributed by atoms with Crippen molar-refractivity contribution in [3.63, 3.8) is 0 Å². The molecule has 0 radical (unpaired) electrons. The van der Waals surface area contributed by atoms with Gasteiger partial charge in [0.25, 0.3) is 5.69 Å². The lowest BCUT2D eigenvalue weighted by Crippen LogP contribution is -2.30. The van der Waals surface area contributed by atoms with Gasteiger partial charge in [-0.25, -0.2) is 4.79 Å². The summed E-state index contributed by atoms with van der Waals surface area (Å²) in [7, 11) is -3.68. The first-order chi connectivity index (χ1) is 15.0. The van der Waals surface area contributed by atoms with Gasteiger partial charge in [0.2, 0.25) is 5.45 Å². The Labute approximate surface area is 179 Å². The number of non-ortho nitro benzene ring substituents is 1. The molecule has 0 spiro atoms. The summed E-state index contributed by atoms with van der Waals surface area (Å²) in [6.07, 6.45) is 0. The van der Waals surface area contributed by atoms with Crippen LogP contribution in [0.25, 0.3) is 0 Å². The second kappa shape index (κ2) is 9.82. The number of carbonyl (C=O) groups excluding carboxylic acids is 1. The SMILES string of the molecule is CCOC(=O)C(=NNc1ccc([N+](=O)[O-])cc1)P(=O)(c1ccccc1)c1ccccc1. The first kappa shape index (κ1) is 21.9. The molecule has 0 aliphatic heterocycles. The maximum atomic E-state index is 14.4. The van der Waals surface area contributed by atoms with Crippen LogP contribution in [0.3, 0.4) is 0 Å². The fourth-order valence-electron chi connectivity index (χ4n) is 2.88. The van der Waals surface area contributed by atoms with Crippen molar-refractivity contribution in [2.24, 2.45) is 5.10 Å². The molecule has 0 amide bonds. The van der Waals surface area contributed by atoms with E-state index in [-0.39, 0.29) is 17.7 Å². The number of nitrogens with one attached hydrogen (secondary N) is 1. The lowest BCUT2D eigenvalue weighted by atomic mass is 10.3. The molecule has 0 fully saturated rings. The predicted octanol–water partition coefficient (Wildman–Crippen LogP) is 3.90. The largest absolute Gasteiger partial charge is 0.461 e. The monoisotopic (exact) mass is 437 g/mol. The van der Waals surface area contributed by atoms with E-state index in [2.05, 4.69) is 10.5 Å². The summed E-state index contributed by atoms with van der Waals surface area (Å²) in [6, 6.07) is 22.7. The van der Waals surface area contributed by atoms with Gasteiger partial charge < -0.3 is 9.30 Å². The van der Waals surface area contributed by atoms with Crippen molar-refractivity contribution >= 4 is 40.5 Å². The Balaban J connectivity index is 2.11. The molecule has 3 aromatic carbocycles. The second-order valence-electron chi connectivity index (χ2n) is 6.35. The minimum Gasteiger partial charge on any atom is -0.461 e. The fourth-order valence-corrected chi connectivity index (χ4v) is 5.37. The molecule has 0 aliphatic rings. The molecule has 0 saturated carbocycles. The molecular weight excluding hydrogens is 417 g/mol. The van der Waals surface area contributed by atoms with Crippen LogP contribution in [0.4, 0.5) is 11.4 Å². The number of carbonyl (C=O) groups is 1. The molecule has 8 nitrogen and oxygen atoms in total. The van der Waals surface area contributed by atoms with Crippen LogP contribution in [-0.4, -0.2) is 23.0 Å². The maximum Gasteiger partial charge on any atom is 0.363 e. The lowest BCUT2D eigenvalue weighted by Gasteiger charge is -2.20. The Morgan fingerprint density at radius 2 is 1.48 bits per heavy atom. The van der Waals surface area contributed by atoms with E-state index >= 15 is 0 Å². The Kier molecular flexibility index (Phi) is 6.95. The quantitative estimate of drug-likeness (QED) is 0.188. The van der Waals surface area contributed by atoms with Crippen LogP contribution in [0.1, 0.15) is 6.92 Å². The Hall–Kier alpha value is -3.77. The van der Waals surface area contributed by atoms with Gasteiger partial charge in [-0.2, -0.15) is 5.10 Å². The van der Waals surface area contributed by atoms with Crippen molar-refractivity contribution in [2.45, 2.75) is 6.92 Å². The molecular formula is C22H20N3O5P. The molecule has 0 bridgehead atoms. The van der Waals surface area contributed by atoms with Crippen molar-refractivity contribution in [1.82, 2.24) is 0 Å². The second-order valence-corrected chi connectivity index (χ2v) is 9.03. The molecule has 0 aromatic heterocycles. The topological polar surface area (TPSA) is 111 Å². The first-order valence-electron chi connectivity index (χ1n) is 9.44. The van der Waals surface area contributed by atoms with Gasteiger partial charge in [0.15, 0.2) is 7.14 Å². The van der Waals surface area contributed by atoms with Gasteiger partial charge >= 0.3 is 5.97 Å². The zero-order chi connectivity index (χ0) is 22.3. The Morgan fingerprint density at radius 3 is 1.94 bits per heavy atom. The summed E-state index contributed by atoms with van der Waals surface area (Å²) in [5.74, 6) is -0.812. The van der Waals surface area contributed by atoms with E-state index < -0.39 is 18.0 Å². The van der Waals surface area contributed by atoms with E-state index in [1.807, 2.05) is 0 Å². The standard InChI is InChI=1S/C22H20N3O5P/c1-2-30-22(26)21(24-23-17-13-15-18(16-14-17)25(27)28)31(29,19-9-5-3-6-10-19)20-11-7-4-8-12-20/h3-16,23H,2H2,1H3. The van der Waals surface area contributed by atoms with Gasteiger partial charge in [0.1, 0.15) is 0 Å². The predicted molar refractivity (Wildman–Crippen MR) is 121 cm³/mol. The third kappa shape index (κ3) is 4.87. The summed E-state index contributed by atoms with van der Waals surface area (Å²) in [5, 5.41) is 15.9. The average molecular weight is 437 g/mol. The molecule has 158 valence electrons. The summed E-state index contributed by atoms with van der Waals surface area (Å²) in [4.78, 5) is 23.2. The highest BCUT2D eigenvalue weighted by atomic mass is 31.2. The normalized spacial score (nSPS) is 11.6. The number of hydrogen-bond donors (Lipinski definition) is 1. The van der Waals surface area contributed by atoms with Crippen LogP contribution in [0, 0.1) is 10.1 Å². The zero-order valence-electron chi connectivity index (χ0n) is 16.7. The summed E-state index contributed by atoms with van der Waals surface area (Å²) in [6.45, 7) is 1.73. The highest BCUT2D eigenvalue weighted by Crippen LogP contribution is 2.45. The molecule has 0 unspecified atom stereocenters. The number of anilines is 1. The fraction of sp³-hybridized carbons (Fsp3) is 0.0909. The van der Waals surface area contributed by atoms with Crippen molar-refractivity contribution in [3.05, 3.63) is 95.0 Å². The van der Waals surface area contributed by atoms with Crippen LogP contribution in [0.15, 0.2) is 90.0 Å². The number of hydrazone groups is 1. The van der Waals surface area contributed by atoms with E-state index in [1.165, 1.54) is 24.3 Å². The van der Waals surface area contributed by atoms with Crippen LogP contribution < -0.4 is 16.0 Å². The van der Waals surface area contributed by atoms with Crippen LogP contribution >= 0.6 is 7.14 Å². The van der Waals surface area contributed by atoms with Crippen molar-refractivity contribution < 1.29 is 19.0 Å². The molecule has 1 N–H and O–H groups in total. The number of esters is 1. The molecule has 9 heteroatoms. The highest BCUT2D eigenvalue weighted by Gasteiger charge is 2.39. The van der Waals surface area contributed by atoms with Crippen molar-refractivity contribution in [2.75, 3.05) is 12.0 Å². The number of nitro benzene ring substituents is 1. The number of ether oxygens (including phenoxy) is 1. The number of benzene rings is 3. The van der Waals surface area contributed by atoms with Gasteiger partial charge in [0.05, 0.1) is 17.2 Å². The lowest BCUT2D eigenvalue weighted by molar-refractivity contribution is -0.384. The van der Waals surface area contributed by atoms with Crippen LogP contribution in [-0.2, 0) is 14.1 Å². The van der Waals surface area contributed by atoms with Gasteiger partial charge in [-0.3, -0.25) is 15.5 Å².